The van der Waals surface area contributed by atoms with Crippen molar-refractivity contribution in [2.75, 3.05) is 0 Å². The molecule has 28 heavy (non-hydrogen) atoms. The van der Waals surface area contributed by atoms with Gasteiger partial charge in [0.25, 0.3) is 5.91 Å². The standard InChI is InChI=1S/C20H23NO7/c1-10(2)8-12(21-19(25)18(24)14-6-7-16(23)27-14)15-9-11-4-3-5-13(22)17(11)20(26)28-15/h3-7,10,12,14-15,18,22,24H,8-9H2,1-2H3,(H,21,25)/t12-,14-,15+,18-/m0/s1. The highest BCUT2D eigenvalue weighted by Gasteiger charge is 2.37. The molecule has 0 saturated heterocycles. The Hall–Kier alpha value is -2.87. The van der Waals surface area contributed by atoms with Gasteiger partial charge in [0.05, 0.1) is 6.04 Å². The van der Waals surface area contributed by atoms with Crippen LogP contribution >= 0.6 is 0 Å². The van der Waals surface area contributed by atoms with E-state index in [0.29, 0.717) is 18.4 Å². The summed E-state index contributed by atoms with van der Waals surface area (Å²) in [6, 6.07) is 4.24. The molecule has 1 amide bonds. The molecule has 3 rings (SSSR count). The Labute approximate surface area is 162 Å². The Morgan fingerprint density at radius 1 is 1.29 bits per heavy atom. The molecular formula is C20H23NO7. The van der Waals surface area contributed by atoms with Crippen LogP contribution in [0.25, 0.3) is 0 Å². The molecule has 0 saturated carbocycles. The predicted molar refractivity (Wildman–Crippen MR) is 97.4 cm³/mol. The lowest BCUT2D eigenvalue weighted by molar-refractivity contribution is -0.148. The maximum atomic E-state index is 12.5. The Morgan fingerprint density at radius 3 is 2.68 bits per heavy atom. The first-order valence-corrected chi connectivity index (χ1v) is 9.15. The van der Waals surface area contributed by atoms with Crippen LogP contribution in [0.4, 0.5) is 0 Å². The van der Waals surface area contributed by atoms with Gasteiger partial charge in [-0.2, -0.15) is 0 Å². The summed E-state index contributed by atoms with van der Waals surface area (Å²) in [7, 11) is 0. The van der Waals surface area contributed by atoms with Crippen LogP contribution in [0.3, 0.4) is 0 Å². The van der Waals surface area contributed by atoms with Crippen LogP contribution in [0.5, 0.6) is 5.75 Å². The van der Waals surface area contributed by atoms with Gasteiger partial charge in [-0.15, -0.1) is 0 Å². The molecule has 0 unspecified atom stereocenters. The summed E-state index contributed by atoms with van der Waals surface area (Å²) in [5.74, 6) is -1.95. The number of cyclic esters (lactones) is 2. The third kappa shape index (κ3) is 4.17. The number of aliphatic hydroxyl groups is 1. The van der Waals surface area contributed by atoms with E-state index >= 15 is 0 Å². The Morgan fingerprint density at radius 2 is 2.04 bits per heavy atom. The third-order valence-corrected chi connectivity index (χ3v) is 4.77. The maximum Gasteiger partial charge on any atom is 0.342 e. The summed E-state index contributed by atoms with van der Waals surface area (Å²) in [6.45, 7) is 3.92. The minimum atomic E-state index is -1.56. The van der Waals surface area contributed by atoms with Crippen LogP contribution in [0.15, 0.2) is 30.4 Å². The van der Waals surface area contributed by atoms with Crippen LogP contribution in [0.2, 0.25) is 0 Å². The number of aliphatic hydroxyl groups excluding tert-OH is 1. The minimum Gasteiger partial charge on any atom is -0.507 e. The molecule has 8 heteroatoms. The molecule has 1 aromatic rings. The number of carbonyl (C=O) groups excluding carboxylic acids is 3. The molecular weight excluding hydrogens is 366 g/mol. The number of nitrogens with one attached hydrogen (secondary N) is 1. The fourth-order valence-corrected chi connectivity index (χ4v) is 3.46. The Kier molecular flexibility index (Phi) is 5.69. The average Bonchev–Trinajstić information content (AvgIpc) is 3.06. The van der Waals surface area contributed by atoms with Crippen molar-refractivity contribution >= 4 is 17.8 Å². The topological polar surface area (TPSA) is 122 Å². The molecule has 1 aromatic carbocycles. The molecule has 0 aliphatic carbocycles. The van der Waals surface area contributed by atoms with Gasteiger partial charge < -0.3 is 25.0 Å². The number of hydrogen-bond acceptors (Lipinski definition) is 7. The predicted octanol–water partition coefficient (Wildman–Crippen LogP) is 0.847. The SMILES string of the molecule is CC(C)C[C@H](NC(=O)[C@@H](O)[C@@H]1C=CC(=O)O1)[C@H]1Cc2cccc(O)c2C(=O)O1. The monoisotopic (exact) mass is 389 g/mol. The Bertz CT molecular complexity index is 817. The Balaban J connectivity index is 1.75. The molecule has 0 aromatic heterocycles. The number of fused-ring (bicyclic) bond motifs is 1. The summed E-state index contributed by atoms with van der Waals surface area (Å²) < 4.78 is 10.3. The molecule has 8 nitrogen and oxygen atoms in total. The number of ether oxygens (including phenoxy) is 2. The van der Waals surface area contributed by atoms with Crippen molar-refractivity contribution in [1.82, 2.24) is 5.32 Å². The van der Waals surface area contributed by atoms with E-state index in [1.807, 2.05) is 13.8 Å². The van der Waals surface area contributed by atoms with Crippen molar-refractivity contribution in [3.05, 3.63) is 41.5 Å². The number of hydrogen-bond donors (Lipinski definition) is 3. The zero-order chi connectivity index (χ0) is 20.4. The second-order valence-corrected chi connectivity index (χ2v) is 7.41. The molecule has 0 radical (unpaired) electrons. The van der Waals surface area contributed by atoms with Gasteiger partial charge in [-0.05, 0) is 30.0 Å². The highest BCUT2D eigenvalue weighted by atomic mass is 16.6. The van der Waals surface area contributed by atoms with Gasteiger partial charge in [0, 0.05) is 12.5 Å². The first-order valence-electron chi connectivity index (χ1n) is 9.15. The molecule has 150 valence electrons. The number of aromatic hydroxyl groups is 1. The van der Waals surface area contributed by atoms with Gasteiger partial charge in [-0.3, -0.25) is 4.79 Å². The summed E-state index contributed by atoms with van der Waals surface area (Å²) in [4.78, 5) is 36.0. The van der Waals surface area contributed by atoms with Gasteiger partial charge in [0.15, 0.2) is 12.2 Å². The first kappa shape index (κ1) is 19.9. The highest BCUT2D eigenvalue weighted by Crippen LogP contribution is 2.30. The zero-order valence-corrected chi connectivity index (χ0v) is 15.6. The fourth-order valence-electron chi connectivity index (χ4n) is 3.46. The second-order valence-electron chi connectivity index (χ2n) is 7.41. The number of amides is 1. The van der Waals surface area contributed by atoms with Crippen molar-refractivity contribution < 1.29 is 34.1 Å². The third-order valence-electron chi connectivity index (χ3n) is 4.77. The summed E-state index contributed by atoms with van der Waals surface area (Å²) in [5, 5.41) is 22.8. The van der Waals surface area contributed by atoms with Gasteiger partial charge in [0.2, 0.25) is 0 Å². The second kappa shape index (κ2) is 8.02. The van der Waals surface area contributed by atoms with E-state index in [4.69, 9.17) is 9.47 Å². The maximum absolute atomic E-state index is 12.5. The molecule has 0 bridgehead atoms. The van der Waals surface area contributed by atoms with Gasteiger partial charge in [-0.1, -0.05) is 26.0 Å². The van der Waals surface area contributed by atoms with E-state index in [0.717, 1.165) is 6.08 Å². The summed E-state index contributed by atoms with van der Waals surface area (Å²) in [6.07, 6.45) is 0.0450. The van der Waals surface area contributed by atoms with Crippen LogP contribution < -0.4 is 5.32 Å². The molecule has 3 N–H and O–H groups in total. The van der Waals surface area contributed by atoms with Crippen molar-refractivity contribution in [3.8, 4) is 5.75 Å². The molecule has 0 fully saturated rings. The first-order chi connectivity index (χ1) is 13.3. The van der Waals surface area contributed by atoms with E-state index in [1.165, 1.54) is 12.1 Å². The van der Waals surface area contributed by atoms with Crippen molar-refractivity contribution in [2.24, 2.45) is 5.92 Å². The number of phenols is 1. The van der Waals surface area contributed by atoms with Gasteiger partial charge in [-0.25, -0.2) is 9.59 Å². The minimum absolute atomic E-state index is 0.136. The van der Waals surface area contributed by atoms with Gasteiger partial charge >= 0.3 is 11.9 Å². The molecule has 4 atom stereocenters. The lowest BCUT2D eigenvalue weighted by Crippen LogP contribution is -2.53. The van der Waals surface area contributed by atoms with E-state index in [-0.39, 0.29) is 17.2 Å². The van der Waals surface area contributed by atoms with Crippen LogP contribution in [0, 0.1) is 5.92 Å². The van der Waals surface area contributed by atoms with Crippen LogP contribution in [-0.4, -0.2) is 52.4 Å². The number of benzene rings is 1. The average molecular weight is 389 g/mol. The van der Waals surface area contributed by atoms with E-state index in [2.05, 4.69) is 5.32 Å². The summed E-state index contributed by atoms with van der Waals surface area (Å²) >= 11 is 0. The smallest absolute Gasteiger partial charge is 0.342 e. The number of esters is 2. The van der Waals surface area contributed by atoms with Crippen molar-refractivity contribution in [3.63, 3.8) is 0 Å². The summed E-state index contributed by atoms with van der Waals surface area (Å²) in [5.41, 5.74) is 0.772. The van der Waals surface area contributed by atoms with Crippen LogP contribution in [-0.2, 0) is 25.5 Å². The molecule has 0 spiro atoms. The quantitative estimate of drug-likeness (QED) is 0.617. The molecule has 2 aliphatic rings. The van der Waals surface area contributed by atoms with Crippen molar-refractivity contribution in [1.29, 1.82) is 0 Å². The van der Waals surface area contributed by atoms with E-state index < -0.39 is 42.2 Å². The number of phenolic OH excluding ortho intramolecular Hbond substituents is 1. The normalized spacial score (nSPS) is 23.0. The lowest BCUT2D eigenvalue weighted by atomic mass is 9.90. The molecule has 2 heterocycles. The fraction of sp³-hybridized carbons (Fsp3) is 0.450. The van der Waals surface area contributed by atoms with E-state index in [9.17, 15) is 24.6 Å². The highest BCUT2D eigenvalue weighted by molar-refractivity contribution is 5.95. The number of rotatable bonds is 6. The zero-order valence-electron chi connectivity index (χ0n) is 15.6. The lowest BCUT2D eigenvalue weighted by Gasteiger charge is -2.33. The largest absolute Gasteiger partial charge is 0.507 e. The number of carbonyl (C=O) groups is 3. The van der Waals surface area contributed by atoms with Crippen LogP contribution in [0.1, 0.15) is 36.2 Å². The van der Waals surface area contributed by atoms with Crippen molar-refractivity contribution in [2.45, 2.75) is 51.0 Å². The van der Waals surface area contributed by atoms with E-state index in [1.54, 1.807) is 12.1 Å². The molecule has 2 aliphatic heterocycles. The van der Waals surface area contributed by atoms with Gasteiger partial charge in [0.1, 0.15) is 17.4 Å².